The molecule has 0 unspecified atom stereocenters. The lowest BCUT2D eigenvalue weighted by atomic mass is 9.90. The Morgan fingerprint density at radius 2 is 1.91 bits per heavy atom. The number of furan rings is 1. The Labute approximate surface area is 216 Å². The lowest BCUT2D eigenvalue weighted by Crippen LogP contribution is -2.49. The van der Waals surface area contributed by atoms with Gasteiger partial charge in [0.25, 0.3) is 0 Å². The average Bonchev–Trinajstić information content (AvgIpc) is 3.32. The third-order valence-electron chi connectivity index (χ3n) is 6.07. The SMILES string of the molecule is COCCC(C)(C)CN=C(NCCc1ccco1)NC1CCN(Cc2ccccc2)CC1.I. The number of nitrogens with zero attached hydrogens (tertiary/aromatic N) is 2. The van der Waals surface area contributed by atoms with E-state index in [1.54, 1.807) is 13.4 Å². The van der Waals surface area contributed by atoms with Crippen LogP contribution in [0.15, 0.2) is 58.1 Å². The fourth-order valence-electron chi connectivity index (χ4n) is 3.93. The maximum absolute atomic E-state index is 5.46. The van der Waals surface area contributed by atoms with Crippen LogP contribution in [-0.4, -0.2) is 56.8 Å². The van der Waals surface area contributed by atoms with Crippen molar-refractivity contribution in [3.05, 3.63) is 60.1 Å². The Balaban J connectivity index is 0.00000385. The fraction of sp³-hybridized carbons (Fsp3) is 0.577. The van der Waals surface area contributed by atoms with Crippen LogP contribution in [0.25, 0.3) is 0 Å². The minimum absolute atomic E-state index is 0. The van der Waals surface area contributed by atoms with Gasteiger partial charge >= 0.3 is 0 Å². The molecule has 2 heterocycles. The molecular formula is C26H41IN4O2. The molecule has 6 nitrogen and oxygen atoms in total. The molecule has 184 valence electrons. The molecule has 0 bridgehead atoms. The van der Waals surface area contributed by atoms with E-state index in [0.717, 1.165) is 76.7 Å². The van der Waals surface area contributed by atoms with E-state index in [-0.39, 0.29) is 29.4 Å². The second kappa shape index (κ2) is 14.6. The Hall–Kier alpha value is -1.58. The van der Waals surface area contributed by atoms with E-state index in [2.05, 4.69) is 59.7 Å². The zero-order valence-corrected chi connectivity index (χ0v) is 22.7. The molecule has 0 radical (unpaired) electrons. The topological polar surface area (TPSA) is 62.0 Å². The van der Waals surface area contributed by atoms with E-state index in [1.165, 1.54) is 5.56 Å². The minimum atomic E-state index is 0. The van der Waals surface area contributed by atoms with Gasteiger partial charge in [-0.3, -0.25) is 9.89 Å². The molecule has 2 aromatic rings. The third kappa shape index (κ3) is 10.5. The second-order valence-corrected chi connectivity index (χ2v) is 9.51. The summed E-state index contributed by atoms with van der Waals surface area (Å²) in [6, 6.07) is 15.1. The van der Waals surface area contributed by atoms with Crippen LogP contribution >= 0.6 is 24.0 Å². The standard InChI is InChI=1S/C26H40N4O2.HI/c1-26(2,14-19-31-3)21-28-25(27-15-11-24-10-7-18-32-24)29-23-12-16-30(17-13-23)20-22-8-5-4-6-9-22;/h4-10,18,23H,11-17,19-21H2,1-3H3,(H2,27,28,29);1H. The van der Waals surface area contributed by atoms with Crippen LogP contribution in [0.1, 0.15) is 44.4 Å². The van der Waals surface area contributed by atoms with Crippen molar-refractivity contribution in [2.75, 3.05) is 39.9 Å². The van der Waals surface area contributed by atoms with Crippen molar-refractivity contribution < 1.29 is 9.15 Å². The molecule has 1 aliphatic heterocycles. The number of hydrogen-bond donors (Lipinski definition) is 2. The summed E-state index contributed by atoms with van der Waals surface area (Å²) in [5, 5.41) is 7.22. The zero-order chi connectivity index (χ0) is 22.7. The van der Waals surface area contributed by atoms with E-state index in [4.69, 9.17) is 14.1 Å². The van der Waals surface area contributed by atoms with Crippen molar-refractivity contribution in [3.8, 4) is 0 Å². The Morgan fingerprint density at radius 1 is 1.15 bits per heavy atom. The molecule has 1 aromatic carbocycles. The first-order chi connectivity index (χ1) is 15.5. The number of likely N-dealkylation sites (tertiary alicyclic amines) is 1. The van der Waals surface area contributed by atoms with Crippen molar-refractivity contribution in [1.82, 2.24) is 15.5 Å². The molecule has 1 saturated heterocycles. The van der Waals surface area contributed by atoms with Gasteiger partial charge in [0, 0.05) is 58.9 Å². The third-order valence-corrected chi connectivity index (χ3v) is 6.07. The number of rotatable bonds is 11. The Morgan fingerprint density at radius 3 is 2.58 bits per heavy atom. The molecule has 33 heavy (non-hydrogen) atoms. The van der Waals surface area contributed by atoms with Gasteiger partial charge in [-0.05, 0) is 42.4 Å². The molecule has 1 aromatic heterocycles. The van der Waals surface area contributed by atoms with Gasteiger partial charge in [-0.1, -0.05) is 44.2 Å². The number of benzene rings is 1. The van der Waals surface area contributed by atoms with Gasteiger partial charge in [0.05, 0.1) is 6.26 Å². The molecule has 0 amide bonds. The Bertz CT molecular complexity index is 788. The highest BCUT2D eigenvalue weighted by Crippen LogP contribution is 2.20. The number of halogens is 1. The summed E-state index contributed by atoms with van der Waals surface area (Å²) in [5.41, 5.74) is 1.49. The van der Waals surface area contributed by atoms with Gasteiger partial charge < -0.3 is 19.8 Å². The van der Waals surface area contributed by atoms with Crippen LogP contribution in [0.2, 0.25) is 0 Å². The van der Waals surface area contributed by atoms with Crippen LogP contribution < -0.4 is 10.6 Å². The van der Waals surface area contributed by atoms with Gasteiger partial charge in [0.15, 0.2) is 5.96 Å². The second-order valence-electron chi connectivity index (χ2n) is 9.51. The van der Waals surface area contributed by atoms with Crippen LogP contribution in [0.3, 0.4) is 0 Å². The van der Waals surface area contributed by atoms with Crippen LogP contribution in [-0.2, 0) is 17.7 Å². The van der Waals surface area contributed by atoms with Crippen molar-refractivity contribution in [2.24, 2.45) is 10.4 Å². The van der Waals surface area contributed by atoms with Gasteiger partial charge in [-0.2, -0.15) is 0 Å². The van der Waals surface area contributed by atoms with Gasteiger partial charge in [-0.15, -0.1) is 24.0 Å². The summed E-state index contributed by atoms with van der Waals surface area (Å²) < 4.78 is 10.7. The average molecular weight is 569 g/mol. The first-order valence-corrected chi connectivity index (χ1v) is 11.9. The number of methoxy groups -OCH3 is 1. The van der Waals surface area contributed by atoms with Crippen molar-refractivity contribution in [3.63, 3.8) is 0 Å². The van der Waals surface area contributed by atoms with Gasteiger partial charge in [-0.25, -0.2) is 0 Å². The van der Waals surface area contributed by atoms with E-state index < -0.39 is 0 Å². The van der Waals surface area contributed by atoms with Crippen LogP contribution in [0.4, 0.5) is 0 Å². The smallest absolute Gasteiger partial charge is 0.191 e. The molecule has 2 N–H and O–H groups in total. The van der Waals surface area contributed by atoms with E-state index in [9.17, 15) is 0 Å². The summed E-state index contributed by atoms with van der Waals surface area (Å²) in [4.78, 5) is 7.49. The molecule has 0 saturated carbocycles. The van der Waals surface area contributed by atoms with Crippen molar-refractivity contribution >= 4 is 29.9 Å². The maximum atomic E-state index is 5.46. The quantitative estimate of drug-likeness (QED) is 0.234. The first kappa shape index (κ1) is 27.7. The molecule has 0 aliphatic carbocycles. The molecule has 3 rings (SSSR count). The van der Waals surface area contributed by atoms with Gasteiger partial charge in [0.2, 0.25) is 0 Å². The largest absolute Gasteiger partial charge is 0.469 e. The number of guanidine groups is 1. The molecule has 0 atom stereocenters. The van der Waals surface area contributed by atoms with Gasteiger partial charge in [0.1, 0.15) is 5.76 Å². The fourth-order valence-corrected chi connectivity index (χ4v) is 3.93. The zero-order valence-electron chi connectivity index (χ0n) is 20.4. The van der Waals surface area contributed by atoms with Crippen LogP contribution in [0.5, 0.6) is 0 Å². The minimum Gasteiger partial charge on any atom is -0.469 e. The first-order valence-electron chi connectivity index (χ1n) is 11.9. The van der Waals surface area contributed by atoms with E-state index in [0.29, 0.717) is 6.04 Å². The number of ether oxygens (including phenoxy) is 1. The molecule has 1 fully saturated rings. The lowest BCUT2D eigenvalue weighted by molar-refractivity contribution is 0.155. The van der Waals surface area contributed by atoms with Crippen molar-refractivity contribution in [1.29, 1.82) is 0 Å². The summed E-state index contributed by atoms with van der Waals surface area (Å²) in [7, 11) is 1.76. The highest BCUT2D eigenvalue weighted by Gasteiger charge is 2.21. The summed E-state index contributed by atoms with van der Waals surface area (Å²) in [5.74, 6) is 1.90. The Kier molecular flexibility index (Phi) is 12.3. The van der Waals surface area contributed by atoms with E-state index >= 15 is 0 Å². The summed E-state index contributed by atoms with van der Waals surface area (Å²) in [6.07, 6.45) is 5.81. The number of hydrogen-bond acceptors (Lipinski definition) is 4. The highest BCUT2D eigenvalue weighted by molar-refractivity contribution is 14.0. The molecule has 7 heteroatoms. The number of aliphatic imine (C=N–C) groups is 1. The lowest BCUT2D eigenvalue weighted by Gasteiger charge is -2.33. The van der Waals surface area contributed by atoms with Crippen LogP contribution in [0, 0.1) is 5.41 Å². The highest BCUT2D eigenvalue weighted by atomic mass is 127. The number of piperidine rings is 1. The normalized spacial score (nSPS) is 15.8. The predicted octanol–water partition coefficient (Wildman–Crippen LogP) is 4.70. The molecule has 0 spiro atoms. The monoisotopic (exact) mass is 568 g/mol. The van der Waals surface area contributed by atoms with Crippen molar-refractivity contribution in [2.45, 2.75) is 52.1 Å². The predicted molar refractivity (Wildman–Crippen MR) is 146 cm³/mol. The number of nitrogens with one attached hydrogen (secondary N) is 2. The molecule has 1 aliphatic rings. The van der Waals surface area contributed by atoms with E-state index in [1.807, 2.05) is 12.1 Å². The summed E-state index contributed by atoms with van der Waals surface area (Å²) in [6.45, 7) is 10.1. The maximum Gasteiger partial charge on any atom is 0.191 e. The summed E-state index contributed by atoms with van der Waals surface area (Å²) >= 11 is 0. The molecular weight excluding hydrogens is 527 g/mol.